The lowest BCUT2D eigenvalue weighted by Gasteiger charge is -2.38. The van der Waals surface area contributed by atoms with Crippen LogP contribution < -0.4 is 10.5 Å². The second-order valence-electron chi connectivity index (χ2n) is 6.45. The lowest BCUT2D eigenvalue weighted by Crippen LogP contribution is -2.38. The first-order chi connectivity index (χ1) is 9.50. The minimum atomic E-state index is 0.280. The highest BCUT2D eigenvalue weighted by Crippen LogP contribution is 2.38. The van der Waals surface area contributed by atoms with Gasteiger partial charge in [-0.3, -0.25) is 4.90 Å². The molecule has 0 spiro atoms. The molecule has 20 heavy (non-hydrogen) atoms. The molecule has 3 atom stereocenters. The zero-order valence-corrected chi connectivity index (χ0v) is 13.2. The molecule has 0 saturated heterocycles. The molecule has 0 aromatic heterocycles. The first-order valence-electron chi connectivity index (χ1n) is 7.68. The van der Waals surface area contributed by atoms with E-state index in [1.54, 1.807) is 0 Å². The van der Waals surface area contributed by atoms with Gasteiger partial charge in [0.2, 0.25) is 0 Å². The Bertz CT molecular complexity index is 433. The highest BCUT2D eigenvalue weighted by molar-refractivity contribution is 5.37. The SMILES string of the molecule is CC(C)C(N)CCN(C)C1c2ccccc2OCC1C. The van der Waals surface area contributed by atoms with E-state index in [1.807, 2.05) is 6.07 Å². The number of hydrogen-bond acceptors (Lipinski definition) is 3. The third-order valence-corrected chi connectivity index (χ3v) is 4.42. The van der Waals surface area contributed by atoms with Gasteiger partial charge in [0.15, 0.2) is 0 Å². The Morgan fingerprint density at radius 2 is 2.05 bits per heavy atom. The normalized spacial score (nSPS) is 23.6. The third-order valence-electron chi connectivity index (χ3n) is 4.42. The van der Waals surface area contributed by atoms with Crippen LogP contribution in [0.25, 0.3) is 0 Å². The van der Waals surface area contributed by atoms with E-state index in [0.717, 1.165) is 25.3 Å². The Hall–Kier alpha value is -1.06. The third kappa shape index (κ3) is 3.33. The summed E-state index contributed by atoms with van der Waals surface area (Å²) in [7, 11) is 2.20. The monoisotopic (exact) mass is 276 g/mol. The van der Waals surface area contributed by atoms with Gasteiger partial charge in [0, 0.05) is 23.6 Å². The molecule has 0 amide bonds. The standard InChI is InChI=1S/C17H28N2O/c1-12(2)15(18)9-10-19(4)17-13(3)11-20-16-8-6-5-7-14(16)17/h5-8,12-13,15,17H,9-11,18H2,1-4H3. The van der Waals surface area contributed by atoms with Crippen LogP contribution >= 0.6 is 0 Å². The molecule has 1 aromatic carbocycles. The van der Waals surface area contributed by atoms with Crippen molar-refractivity contribution in [2.45, 2.75) is 39.3 Å². The summed E-state index contributed by atoms with van der Waals surface area (Å²) in [6.45, 7) is 8.47. The number of ether oxygens (including phenoxy) is 1. The predicted molar refractivity (Wildman–Crippen MR) is 83.9 cm³/mol. The Balaban J connectivity index is 2.07. The van der Waals surface area contributed by atoms with Gasteiger partial charge < -0.3 is 10.5 Å². The molecule has 3 nitrogen and oxygen atoms in total. The molecule has 0 aliphatic carbocycles. The molecule has 2 N–H and O–H groups in total. The zero-order valence-electron chi connectivity index (χ0n) is 13.2. The Labute approximate surface area is 123 Å². The van der Waals surface area contributed by atoms with Crippen LogP contribution in [0.15, 0.2) is 24.3 Å². The number of rotatable bonds is 5. The molecular weight excluding hydrogens is 248 g/mol. The Kier molecular flexibility index (Phi) is 5.06. The molecule has 1 aliphatic heterocycles. The van der Waals surface area contributed by atoms with Crippen molar-refractivity contribution in [2.24, 2.45) is 17.6 Å². The number of benzene rings is 1. The van der Waals surface area contributed by atoms with Gasteiger partial charge in [-0.1, -0.05) is 39.0 Å². The van der Waals surface area contributed by atoms with Gasteiger partial charge in [0.05, 0.1) is 6.61 Å². The lowest BCUT2D eigenvalue weighted by molar-refractivity contribution is 0.106. The second-order valence-corrected chi connectivity index (χ2v) is 6.45. The van der Waals surface area contributed by atoms with E-state index in [9.17, 15) is 0 Å². The average Bonchev–Trinajstić information content (AvgIpc) is 2.44. The fourth-order valence-electron chi connectivity index (χ4n) is 2.97. The molecule has 0 bridgehead atoms. The Morgan fingerprint density at radius 1 is 1.35 bits per heavy atom. The highest BCUT2D eigenvalue weighted by atomic mass is 16.5. The largest absolute Gasteiger partial charge is 0.493 e. The van der Waals surface area contributed by atoms with E-state index in [2.05, 4.69) is 50.9 Å². The maximum absolute atomic E-state index is 6.17. The van der Waals surface area contributed by atoms with E-state index in [1.165, 1.54) is 5.56 Å². The van der Waals surface area contributed by atoms with Crippen molar-refractivity contribution in [1.82, 2.24) is 4.90 Å². The van der Waals surface area contributed by atoms with E-state index in [-0.39, 0.29) is 6.04 Å². The van der Waals surface area contributed by atoms with Gasteiger partial charge in [0.25, 0.3) is 0 Å². The summed E-state index contributed by atoms with van der Waals surface area (Å²) < 4.78 is 5.83. The van der Waals surface area contributed by atoms with E-state index < -0.39 is 0 Å². The van der Waals surface area contributed by atoms with Crippen LogP contribution in [-0.2, 0) is 0 Å². The summed E-state index contributed by atoms with van der Waals surface area (Å²) in [5.41, 5.74) is 7.48. The molecule has 112 valence electrons. The first-order valence-corrected chi connectivity index (χ1v) is 7.68. The first kappa shape index (κ1) is 15.3. The molecule has 1 heterocycles. The van der Waals surface area contributed by atoms with Crippen LogP contribution in [0.4, 0.5) is 0 Å². The maximum Gasteiger partial charge on any atom is 0.124 e. The molecule has 1 aromatic rings. The van der Waals surface area contributed by atoms with Crippen molar-refractivity contribution >= 4 is 0 Å². The van der Waals surface area contributed by atoms with Gasteiger partial charge in [-0.25, -0.2) is 0 Å². The zero-order chi connectivity index (χ0) is 14.7. The van der Waals surface area contributed by atoms with Gasteiger partial charge >= 0.3 is 0 Å². The van der Waals surface area contributed by atoms with Crippen LogP contribution in [0.1, 0.15) is 38.8 Å². The smallest absolute Gasteiger partial charge is 0.124 e. The fourth-order valence-corrected chi connectivity index (χ4v) is 2.97. The Morgan fingerprint density at radius 3 is 2.75 bits per heavy atom. The average molecular weight is 276 g/mol. The minimum absolute atomic E-state index is 0.280. The molecule has 0 fully saturated rings. The van der Waals surface area contributed by atoms with Crippen molar-refractivity contribution in [3.8, 4) is 5.75 Å². The topological polar surface area (TPSA) is 38.5 Å². The lowest BCUT2D eigenvalue weighted by atomic mass is 9.90. The number of fused-ring (bicyclic) bond motifs is 1. The van der Waals surface area contributed by atoms with E-state index >= 15 is 0 Å². The van der Waals surface area contributed by atoms with Crippen molar-refractivity contribution in [2.75, 3.05) is 20.2 Å². The summed E-state index contributed by atoms with van der Waals surface area (Å²) in [5, 5.41) is 0. The summed E-state index contributed by atoms with van der Waals surface area (Å²) in [6.07, 6.45) is 1.04. The molecule has 3 unspecified atom stereocenters. The summed E-state index contributed by atoms with van der Waals surface area (Å²) in [6, 6.07) is 9.11. The maximum atomic E-state index is 6.17. The molecule has 3 heteroatoms. The number of nitrogens with two attached hydrogens (primary N) is 1. The fraction of sp³-hybridized carbons (Fsp3) is 0.647. The van der Waals surface area contributed by atoms with Gasteiger partial charge in [-0.15, -0.1) is 0 Å². The van der Waals surface area contributed by atoms with Crippen LogP contribution in [0, 0.1) is 11.8 Å². The molecule has 0 saturated carbocycles. The molecular formula is C17H28N2O. The second kappa shape index (κ2) is 6.59. The minimum Gasteiger partial charge on any atom is -0.493 e. The van der Waals surface area contributed by atoms with E-state index in [4.69, 9.17) is 10.5 Å². The molecule has 1 aliphatic rings. The van der Waals surface area contributed by atoms with Crippen LogP contribution in [0.3, 0.4) is 0 Å². The van der Waals surface area contributed by atoms with Crippen LogP contribution in [0.2, 0.25) is 0 Å². The van der Waals surface area contributed by atoms with Crippen LogP contribution in [-0.4, -0.2) is 31.1 Å². The number of nitrogens with zero attached hydrogens (tertiary/aromatic N) is 1. The number of hydrogen-bond donors (Lipinski definition) is 1. The van der Waals surface area contributed by atoms with Crippen molar-refractivity contribution in [1.29, 1.82) is 0 Å². The van der Waals surface area contributed by atoms with Crippen molar-refractivity contribution < 1.29 is 4.74 Å². The van der Waals surface area contributed by atoms with E-state index in [0.29, 0.717) is 17.9 Å². The summed E-state index contributed by atoms with van der Waals surface area (Å²) in [4.78, 5) is 2.44. The van der Waals surface area contributed by atoms with Crippen molar-refractivity contribution in [3.63, 3.8) is 0 Å². The van der Waals surface area contributed by atoms with Gasteiger partial charge in [-0.05, 0) is 32.0 Å². The number of para-hydroxylation sites is 1. The summed E-state index contributed by atoms with van der Waals surface area (Å²) in [5.74, 6) is 2.09. The molecule has 2 rings (SSSR count). The van der Waals surface area contributed by atoms with Gasteiger partial charge in [0.1, 0.15) is 5.75 Å². The highest BCUT2D eigenvalue weighted by Gasteiger charge is 2.30. The van der Waals surface area contributed by atoms with Crippen LogP contribution in [0.5, 0.6) is 5.75 Å². The van der Waals surface area contributed by atoms with Gasteiger partial charge in [-0.2, -0.15) is 0 Å². The summed E-state index contributed by atoms with van der Waals surface area (Å²) >= 11 is 0. The quantitative estimate of drug-likeness (QED) is 0.898. The van der Waals surface area contributed by atoms with Crippen molar-refractivity contribution in [3.05, 3.63) is 29.8 Å². The molecule has 0 radical (unpaired) electrons. The predicted octanol–water partition coefficient (Wildman–Crippen LogP) is 3.06.